The van der Waals surface area contributed by atoms with Crippen LogP contribution in [0.15, 0.2) is 31.4 Å². The molecule has 7 nitrogen and oxygen atoms in total. The first-order valence-electron chi connectivity index (χ1n) is 5.86. The van der Waals surface area contributed by atoms with Gasteiger partial charge in [-0.05, 0) is 13.0 Å². The van der Waals surface area contributed by atoms with Gasteiger partial charge in [0.25, 0.3) is 10.9 Å². The number of nitrogens with zero attached hydrogens (tertiary/aromatic N) is 1. The van der Waals surface area contributed by atoms with Crippen LogP contribution in [-0.4, -0.2) is 15.2 Å². The van der Waals surface area contributed by atoms with Crippen molar-refractivity contribution in [2.45, 2.75) is 6.92 Å². The molecule has 0 bridgehead atoms. The molecule has 0 spiro atoms. The molecule has 21 heavy (non-hydrogen) atoms. The average Bonchev–Trinajstić information content (AvgIpc) is 2.49. The molecule has 1 aromatic heterocycles. The van der Waals surface area contributed by atoms with Crippen molar-refractivity contribution in [2.24, 2.45) is 0 Å². The second-order valence-electron chi connectivity index (χ2n) is 4.63. The number of rotatable bonds is 2. The fourth-order valence-corrected chi connectivity index (χ4v) is 2.22. The summed E-state index contributed by atoms with van der Waals surface area (Å²) >= 11 is 0. The van der Waals surface area contributed by atoms with Crippen LogP contribution in [0.4, 0.5) is 0 Å². The third-order valence-corrected chi connectivity index (χ3v) is 3.35. The van der Waals surface area contributed by atoms with Gasteiger partial charge in [-0.1, -0.05) is 0 Å². The van der Waals surface area contributed by atoms with Crippen molar-refractivity contribution in [3.05, 3.63) is 58.9 Å². The maximum atomic E-state index is 11.6. The van der Waals surface area contributed by atoms with Crippen LogP contribution in [-0.2, 0) is 0 Å². The zero-order valence-corrected chi connectivity index (χ0v) is 10.6. The summed E-state index contributed by atoms with van der Waals surface area (Å²) in [6, 6.07) is 1.39. The van der Waals surface area contributed by atoms with Crippen molar-refractivity contribution in [3.63, 3.8) is 0 Å². The van der Waals surface area contributed by atoms with E-state index in [1.54, 1.807) is 6.92 Å². The lowest BCUT2D eigenvalue weighted by Gasteiger charge is -2.13. The Labute approximate surface area is 115 Å². The summed E-state index contributed by atoms with van der Waals surface area (Å²) in [5, 5.41) is 19.0. The minimum atomic E-state index is -1.02. The molecule has 3 rings (SSSR count). The molecule has 0 fully saturated rings. The van der Waals surface area contributed by atoms with Crippen LogP contribution in [0.3, 0.4) is 0 Å². The number of aryl methyl sites for hydroxylation is 1. The van der Waals surface area contributed by atoms with Crippen LogP contribution >= 0.6 is 0 Å². The van der Waals surface area contributed by atoms with Gasteiger partial charge in [0, 0.05) is 23.0 Å². The Hall–Kier alpha value is -3.09. The number of hydrogen-bond acceptors (Lipinski definition) is 7. The summed E-state index contributed by atoms with van der Waals surface area (Å²) < 4.78 is 0. The van der Waals surface area contributed by atoms with Gasteiger partial charge in [-0.25, -0.2) is 0 Å². The van der Waals surface area contributed by atoms with E-state index in [2.05, 4.69) is 4.98 Å². The van der Waals surface area contributed by atoms with Gasteiger partial charge in [0.15, 0.2) is 11.5 Å². The van der Waals surface area contributed by atoms with Gasteiger partial charge in [-0.15, -0.1) is 0 Å². The van der Waals surface area contributed by atoms with Crippen molar-refractivity contribution >= 4 is 0 Å². The SMILES string of the molecule is Cc1cc(-c2c(O)c(=O)c2=O)c(-c2c(O)c(=O)c2=O)cn1. The Kier molecular flexibility index (Phi) is 2.43. The lowest BCUT2D eigenvalue weighted by Crippen LogP contribution is -2.34. The summed E-state index contributed by atoms with van der Waals surface area (Å²) in [6.45, 7) is 1.61. The number of hydrogen-bond donors (Lipinski definition) is 2. The van der Waals surface area contributed by atoms with Gasteiger partial charge in [0.2, 0.25) is 10.9 Å². The number of aromatic hydroxyl groups is 2. The first-order chi connectivity index (χ1) is 9.84. The van der Waals surface area contributed by atoms with Crippen molar-refractivity contribution in [3.8, 4) is 33.8 Å². The lowest BCUT2D eigenvalue weighted by atomic mass is 9.90. The van der Waals surface area contributed by atoms with Crippen LogP contribution in [0.1, 0.15) is 5.69 Å². The highest BCUT2D eigenvalue weighted by Gasteiger charge is 2.29. The Morgan fingerprint density at radius 2 is 1.29 bits per heavy atom. The summed E-state index contributed by atoms with van der Waals surface area (Å²) in [5.41, 5.74) is -3.75. The molecule has 7 heteroatoms. The van der Waals surface area contributed by atoms with Gasteiger partial charge < -0.3 is 10.2 Å². The Bertz CT molecular complexity index is 1050. The molecule has 3 aromatic rings. The van der Waals surface area contributed by atoms with Crippen LogP contribution in [0, 0.1) is 6.92 Å². The monoisotopic (exact) mass is 285 g/mol. The quantitative estimate of drug-likeness (QED) is 0.598. The summed E-state index contributed by atoms with van der Waals surface area (Å²) in [7, 11) is 0. The van der Waals surface area contributed by atoms with Crippen LogP contribution in [0.5, 0.6) is 11.5 Å². The highest BCUT2D eigenvalue weighted by molar-refractivity contribution is 5.90. The zero-order valence-electron chi connectivity index (χ0n) is 10.6. The standard InChI is InChI=1S/C14H7NO6/c1-4-2-5(7-9(16)13(20)10(7)17)6(3-15-4)8-11(18)14(21)12(8)19/h2-3,16,18H,1H3. The predicted molar refractivity (Wildman–Crippen MR) is 73.0 cm³/mol. The first kappa shape index (κ1) is 12.9. The van der Waals surface area contributed by atoms with E-state index in [9.17, 15) is 29.4 Å². The summed E-state index contributed by atoms with van der Waals surface area (Å²) in [6.07, 6.45) is 1.21. The van der Waals surface area contributed by atoms with E-state index >= 15 is 0 Å². The largest absolute Gasteiger partial charge is 0.503 e. The Morgan fingerprint density at radius 1 is 0.810 bits per heavy atom. The first-order valence-corrected chi connectivity index (χ1v) is 5.86. The van der Waals surface area contributed by atoms with Crippen LogP contribution in [0.2, 0.25) is 0 Å². The smallest absolute Gasteiger partial charge is 0.268 e. The van der Waals surface area contributed by atoms with Gasteiger partial charge in [-0.2, -0.15) is 0 Å². The average molecular weight is 285 g/mol. The zero-order chi connectivity index (χ0) is 15.5. The Morgan fingerprint density at radius 3 is 1.76 bits per heavy atom. The van der Waals surface area contributed by atoms with Gasteiger partial charge in [-0.3, -0.25) is 24.2 Å². The third-order valence-electron chi connectivity index (χ3n) is 3.35. The van der Waals surface area contributed by atoms with Gasteiger partial charge in [0.1, 0.15) is 0 Å². The van der Waals surface area contributed by atoms with Crippen molar-refractivity contribution < 1.29 is 10.2 Å². The second-order valence-corrected chi connectivity index (χ2v) is 4.63. The lowest BCUT2D eigenvalue weighted by molar-refractivity contribution is 0.464. The molecular formula is C14H7NO6. The van der Waals surface area contributed by atoms with E-state index in [0.717, 1.165) is 0 Å². The van der Waals surface area contributed by atoms with Crippen molar-refractivity contribution in [1.29, 1.82) is 0 Å². The number of aromatic nitrogens is 1. The normalized spacial score (nSPS) is 11.3. The van der Waals surface area contributed by atoms with E-state index in [4.69, 9.17) is 0 Å². The Balaban J connectivity index is 2.36. The molecule has 1 heterocycles. The van der Waals surface area contributed by atoms with Crippen molar-refractivity contribution in [1.82, 2.24) is 4.98 Å². The molecule has 0 aliphatic heterocycles. The molecule has 0 amide bonds. The maximum Gasteiger partial charge on any atom is 0.268 e. The van der Waals surface area contributed by atoms with Gasteiger partial charge in [0.05, 0.1) is 11.1 Å². The van der Waals surface area contributed by atoms with E-state index in [1.165, 1.54) is 12.3 Å². The van der Waals surface area contributed by atoms with Gasteiger partial charge >= 0.3 is 0 Å². The molecule has 2 N–H and O–H groups in total. The molecule has 0 saturated carbocycles. The van der Waals surface area contributed by atoms with E-state index in [-0.39, 0.29) is 22.3 Å². The van der Waals surface area contributed by atoms with Crippen LogP contribution in [0.25, 0.3) is 22.3 Å². The minimum absolute atomic E-state index is 0.0325. The highest BCUT2D eigenvalue weighted by Crippen LogP contribution is 2.36. The minimum Gasteiger partial charge on any atom is -0.503 e. The van der Waals surface area contributed by atoms with Crippen molar-refractivity contribution in [2.75, 3.05) is 0 Å². The third kappa shape index (κ3) is 1.51. The van der Waals surface area contributed by atoms with E-state index in [1.807, 2.05) is 0 Å². The fourth-order valence-electron chi connectivity index (χ4n) is 2.22. The highest BCUT2D eigenvalue weighted by atomic mass is 16.3. The topological polar surface area (TPSA) is 122 Å². The second kappa shape index (κ2) is 3.95. The predicted octanol–water partition coefficient (Wildman–Crippen LogP) is -0.673. The van der Waals surface area contributed by atoms with E-state index in [0.29, 0.717) is 5.69 Å². The number of pyridine rings is 1. The molecule has 0 aliphatic rings. The molecule has 0 aliphatic carbocycles. The molecule has 0 unspecified atom stereocenters. The fraction of sp³-hybridized carbons (Fsp3) is 0.0714. The van der Waals surface area contributed by atoms with E-state index < -0.39 is 33.2 Å². The molecule has 0 atom stereocenters. The maximum absolute atomic E-state index is 11.6. The molecular weight excluding hydrogens is 278 g/mol. The summed E-state index contributed by atoms with van der Waals surface area (Å²) in [4.78, 5) is 49.3. The summed E-state index contributed by atoms with van der Waals surface area (Å²) in [5.74, 6) is -1.42. The molecule has 104 valence electrons. The molecule has 0 saturated heterocycles. The van der Waals surface area contributed by atoms with Crippen LogP contribution < -0.4 is 21.7 Å². The molecule has 2 aromatic carbocycles. The molecule has 0 radical (unpaired) electrons.